The molecule has 1 aliphatic carbocycles. The van der Waals surface area contributed by atoms with Crippen LogP contribution >= 0.6 is 11.6 Å². The minimum absolute atomic E-state index is 0.0719. The van der Waals surface area contributed by atoms with E-state index in [0.717, 1.165) is 24.0 Å². The maximum absolute atomic E-state index is 6.12. The molecule has 116 valence electrons. The number of alkyl halides is 1. The summed E-state index contributed by atoms with van der Waals surface area (Å²) in [7, 11) is 0. The predicted octanol–water partition coefficient (Wildman–Crippen LogP) is 4.89. The van der Waals surface area contributed by atoms with Crippen molar-refractivity contribution in [2.45, 2.75) is 70.2 Å². The van der Waals surface area contributed by atoms with Crippen LogP contribution in [0.4, 0.5) is 5.82 Å². The highest BCUT2D eigenvalue weighted by Gasteiger charge is 2.36. The van der Waals surface area contributed by atoms with Crippen LogP contribution in [0, 0.1) is 5.92 Å². The van der Waals surface area contributed by atoms with Gasteiger partial charge in [0.2, 0.25) is 0 Å². The first-order valence-corrected chi connectivity index (χ1v) is 8.86. The van der Waals surface area contributed by atoms with Gasteiger partial charge in [0.05, 0.1) is 0 Å². The maximum Gasteiger partial charge on any atom is 0.129 e. The molecular weight excluding hydrogens is 280 g/mol. The van der Waals surface area contributed by atoms with Crippen LogP contribution in [0.3, 0.4) is 0 Å². The molecule has 2 aliphatic rings. The van der Waals surface area contributed by atoms with Gasteiger partial charge in [0.15, 0.2) is 0 Å². The van der Waals surface area contributed by atoms with E-state index in [0.29, 0.717) is 11.9 Å². The molecule has 2 heterocycles. The quantitative estimate of drug-likeness (QED) is 0.723. The van der Waals surface area contributed by atoms with E-state index in [9.17, 15) is 0 Å². The van der Waals surface area contributed by atoms with Gasteiger partial charge in [-0.2, -0.15) is 0 Å². The van der Waals surface area contributed by atoms with Gasteiger partial charge in [-0.3, -0.25) is 0 Å². The summed E-state index contributed by atoms with van der Waals surface area (Å²) >= 11 is 6.12. The normalized spacial score (nSPS) is 26.0. The Morgan fingerprint density at radius 3 is 2.67 bits per heavy atom. The lowest BCUT2D eigenvalue weighted by Gasteiger charge is -2.33. The minimum Gasteiger partial charge on any atom is -0.353 e. The number of hydrogen-bond donors (Lipinski definition) is 0. The van der Waals surface area contributed by atoms with Crippen molar-refractivity contribution in [3.63, 3.8) is 0 Å². The van der Waals surface area contributed by atoms with E-state index in [-0.39, 0.29) is 5.41 Å². The molecule has 3 rings (SSSR count). The Kier molecular flexibility index (Phi) is 4.18. The number of halogens is 1. The number of pyridine rings is 1. The average Bonchev–Trinajstić information content (AvgIpc) is 2.89. The zero-order valence-corrected chi connectivity index (χ0v) is 14.3. The van der Waals surface area contributed by atoms with Crippen LogP contribution in [-0.4, -0.2) is 17.6 Å². The lowest BCUT2D eigenvalue weighted by molar-refractivity contribution is 0.341. The third-order valence-corrected chi connectivity index (χ3v) is 5.41. The molecule has 1 saturated heterocycles. The first-order valence-electron chi connectivity index (χ1n) is 8.33. The van der Waals surface area contributed by atoms with Crippen LogP contribution in [0.5, 0.6) is 0 Å². The number of nitrogens with zero attached hydrogens (tertiary/aromatic N) is 2. The number of fused-ring (bicyclic) bond motifs is 1. The molecule has 1 aromatic rings. The van der Waals surface area contributed by atoms with Crippen molar-refractivity contribution < 1.29 is 0 Å². The van der Waals surface area contributed by atoms with Gasteiger partial charge in [-0.05, 0) is 42.9 Å². The third kappa shape index (κ3) is 3.06. The summed E-state index contributed by atoms with van der Waals surface area (Å²) in [6.07, 6.45) is 6.86. The lowest BCUT2D eigenvalue weighted by atomic mass is 9.85. The van der Waals surface area contributed by atoms with Crippen LogP contribution in [0.1, 0.15) is 64.1 Å². The molecule has 21 heavy (non-hydrogen) atoms. The van der Waals surface area contributed by atoms with Gasteiger partial charge >= 0.3 is 0 Å². The van der Waals surface area contributed by atoms with Crippen molar-refractivity contribution in [2.75, 3.05) is 11.4 Å². The molecule has 3 heteroatoms. The van der Waals surface area contributed by atoms with Gasteiger partial charge in [-0.1, -0.05) is 33.6 Å². The molecule has 2 atom stereocenters. The summed E-state index contributed by atoms with van der Waals surface area (Å²) in [5, 5.41) is 0. The first kappa shape index (κ1) is 15.1. The van der Waals surface area contributed by atoms with E-state index in [2.05, 4.69) is 37.8 Å². The molecule has 0 N–H and O–H groups in total. The Labute approximate surface area is 133 Å². The Balaban J connectivity index is 1.94. The Bertz CT molecular complexity index is 506. The fraction of sp³-hybridized carbons (Fsp3) is 0.722. The van der Waals surface area contributed by atoms with Crippen molar-refractivity contribution in [2.24, 2.45) is 5.92 Å². The largest absolute Gasteiger partial charge is 0.353 e. The van der Waals surface area contributed by atoms with E-state index in [1.807, 2.05) is 0 Å². The molecule has 0 amide bonds. The van der Waals surface area contributed by atoms with Gasteiger partial charge in [-0.25, -0.2) is 4.98 Å². The van der Waals surface area contributed by atoms with Crippen LogP contribution in [-0.2, 0) is 11.3 Å². The first-order chi connectivity index (χ1) is 9.99. The molecule has 0 spiro atoms. The van der Waals surface area contributed by atoms with Gasteiger partial charge < -0.3 is 4.90 Å². The van der Waals surface area contributed by atoms with E-state index >= 15 is 0 Å². The Hall–Kier alpha value is -0.760. The van der Waals surface area contributed by atoms with Gasteiger partial charge in [0.1, 0.15) is 5.82 Å². The second kappa shape index (κ2) is 5.79. The molecule has 2 fully saturated rings. The van der Waals surface area contributed by atoms with Crippen LogP contribution in [0.2, 0.25) is 0 Å². The molecule has 0 aromatic carbocycles. The highest BCUT2D eigenvalue weighted by atomic mass is 35.5. The van der Waals surface area contributed by atoms with Crippen molar-refractivity contribution in [3.8, 4) is 0 Å². The molecular formula is C18H27ClN2. The van der Waals surface area contributed by atoms with Crippen LogP contribution in [0.15, 0.2) is 12.1 Å². The average molecular weight is 307 g/mol. The zero-order valence-electron chi connectivity index (χ0n) is 13.5. The van der Waals surface area contributed by atoms with Crippen molar-refractivity contribution in [3.05, 3.63) is 23.4 Å². The van der Waals surface area contributed by atoms with Gasteiger partial charge in [0.25, 0.3) is 0 Å². The van der Waals surface area contributed by atoms with Crippen LogP contribution in [0.25, 0.3) is 0 Å². The summed E-state index contributed by atoms with van der Waals surface area (Å²) in [5.74, 6) is 2.62. The Morgan fingerprint density at radius 2 is 1.95 bits per heavy atom. The van der Waals surface area contributed by atoms with Crippen molar-refractivity contribution >= 4 is 17.4 Å². The highest BCUT2D eigenvalue weighted by molar-refractivity contribution is 6.17. The SMILES string of the molecule is CC(C)(C)c1cc(CCl)cc(N2CCC3CCCCC32)n1. The topological polar surface area (TPSA) is 16.1 Å². The smallest absolute Gasteiger partial charge is 0.129 e. The maximum atomic E-state index is 6.12. The van der Waals surface area contributed by atoms with E-state index in [1.165, 1.54) is 37.7 Å². The molecule has 2 nitrogen and oxygen atoms in total. The number of aromatic nitrogens is 1. The standard InChI is InChI=1S/C18H27ClN2/c1-18(2,3)16-10-13(12-19)11-17(20-16)21-9-8-14-6-4-5-7-15(14)21/h10-11,14-15H,4-9,12H2,1-3H3. The summed E-state index contributed by atoms with van der Waals surface area (Å²) in [6.45, 7) is 7.84. The molecule has 1 saturated carbocycles. The third-order valence-electron chi connectivity index (χ3n) is 5.10. The van der Waals surface area contributed by atoms with E-state index in [4.69, 9.17) is 16.6 Å². The van der Waals surface area contributed by atoms with Crippen molar-refractivity contribution in [1.82, 2.24) is 4.98 Å². The van der Waals surface area contributed by atoms with Gasteiger partial charge in [-0.15, -0.1) is 11.6 Å². The zero-order chi connectivity index (χ0) is 15.0. The molecule has 1 aromatic heterocycles. The van der Waals surface area contributed by atoms with E-state index < -0.39 is 0 Å². The number of rotatable bonds is 2. The second-order valence-corrected chi connectivity index (χ2v) is 7.96. The monoisotopic (exact) mass is 306 g/mol. The highest BCUT2D eigenvalue weighted by Crippen LogP contribution is 2.39. The van der Waals surface area contributed by atoms with Gasteiger partial charge in [0, 0.05) is 29.6 Å². The number of hydrogen-bond acceptors (Lipinski definition) is 2. The second-order valence-electron chi connectivity index (χ2n) is 7.70. The van der Waals surface area contributed by atoms with E-state index in [1.54, 1.807) is 0 Å². The Morgan fingerprint density at radius 1 is 1.19 bits per heavy atom. The van der Waals surface area contributed by atoms with Crippen LogP contribution < -0.4 is 4.90 Å². The summed E-state index contributed by atoms with van der Waals surface area (Å²) in [5.41, 5.74) is 2.43. The van der Waals surface area contributed by atoms with Crippen molar-refractivity contribution in [1.29, 1.82) is 0 Å². The summed E-state index contributed by atoms with van der Waals surface area (Å²) < 4.78 is 0. The number of anilines is 1. The fourth-order valence-electron chi connectivity index (χ4n) is 3.87. The molecule has 1 aliphatic heterocycles. The molecule has 0 bridgehead atoms. The predicted molar refractivity (Wildman–Crippen MR) is 90.2 cm³/mol. The molecule has 2 unspecified atom stereocenters. The summed E-state index contributed by atoms with van der Waals surface area (Å²) in [4.78, 5) is 7.56. The lowest BCUT2D eigenvalue weighted by Crippen LogP contribution is -2.35. The summed E-state index contributed by atoms with van der Waals surface area (Å²) in [6, 6.07) is 5.09. The minimum atomic E-state index is 0.0719. The fourth-order valence-corrected chi connectivity index (χ4v) is 4.02. The molecule has 0 radical (unpaired) electrons.